The molecule has 6 rings (SSSR count). The van der Waals surface area contributed by atoms with Crippen LogP contribution in [-0.2, 0) is 11.8 Å². The highest BCUT2D eigenvalue weighted by atomic mass is 32.2. The minimum atomic E-state index is -0.576. The fraction of sp³-hybridized carbons (Fsp3) is 0.450. The minimum Gasteiger partial charge on any atom is -0.507 e. The predicted molar refractivity (Wildman–Crippen MR) is 109 cm³/mol. The van der Waals surface area contributed by atoms with Gasteiger partial charge in [-0.2, -0.15) is 9.97 Å². The Morgan fingerprint density at radius 1 is 1.33 bits per heavy atom. The quantitative estimate of drug-likeness (QED) is 0.327. The number of phenols is 1. The number of hydrogen-bond acceptors (Lipinski definition) is 9. The molecule has 0 radical (unpaired) electrons. The maximum atomic E-state index is 11.0. The first kappa shape index (κ1) is 18.2. The Morgan fingerprint density at radius 3 is 2.90 bits per heavy atom. The molecule has 0 saturated carbocycles. The average molecular weight is 427 g/mol. The largest absolute Gasteiger partial charge is 0.507 e. The van der Waals surface area contributed by atoms with Crippen molar-refractivity contribution in [3.63, 3.8) is 0 Å². The third kappa shape index (κ3) is 2.03. The fourth-order valence-corrected chi connectivity index (χ4v) is 7.78. The average Bonchev–Trinajstić information content (AvgIpc) is 3.07. The van der Waals surface area contributed by atoms with Crippen LogP contribution in [0, 0.1) is 11.3 Å². The Labute approximate surface area is 176 Å². The molecule has 2 aliphatic heterocycles. The highest BCUT2D eigenvalue weighted by molar-refractivity contribution is 8.00. The van der Waals surface area contributed by atoms with Gasteiger partial charge in [0.25, 0.3) is 5.62 Å². The van der Waals surface area contributed by atoms with Gasteiger partial charge < -0.3 is 26.1 Å². The summed E-state index contributed by atoms with van der Waals surface area (Å²) in [6, 6.07) is 1.90. The van der Waals surface area contributed by atoms with E-state index in [1.54, 1.807) is 17.8 Å². The number of rotatable bonds is 1. The van der Waals surface area contributed by atoms with E-state index in [0.29, 0.717) is 10.3 Å². The number of likely N-dealkylation sites (tertiary alicyclic amines) is 1. The number of aliphatic hydroxyl groups is 1. The predicted octanol–water partition coefficient (Wildman–Crippen LogP) is 0.469. The lowest BCUT2D eigenvalue weighted by Crippen LogP contribution is -2.63. The van der Waals surface area contributed by atoms with E-state index in [1.165, 1.54) is 0 Å². The molecule has 0 amide bonds. The van der Waals surface area contributed by atoms with Crippen molar-refractivity contribution in [1.82, 2.24) is 19.6 Å². The van der Waals surface area contributed by atoms with Crippen LogP contribution < -0.4 is 11.4 Å². The van der Waals surface area contributed by atoms with Gasteiger partial charge >= 0.3 is 0 Å². The fourth-order valence-electron chi connectivity index (χ4n) is 6.08. The zero-order valence-electron chi connectivity index (χ0n) is 16.3. The maximum Gasteiger partial charge on any atom is 0.261 e. The van der Waals surface area contributed by atoms with E-state index in [-0.39, 0.29) is 40.1 Å². The van der Waals surface area contributed by atoms with Crippen LogP contribution in [0.2, 0.25) is 0 Å². The lowest BCUT2D eigenvalue weighted by atomic mass is 9.53. The molecule has 6 N–H and O–H groups in total. The van der Waals surface area contributed by atoms with Gasteiger partial charge in [0.2, 0.25) is 5.95 Å². The second-order valence-electron chi connectivity index (χ2n) is 8.65. The minimum absolute atomic E-state index is 0.0491. The number of aromatic nitrogens is 3. The number of nitrogens with zero attached hydrogens (tertiary/aromatic N) is 4. The molecule has 3 heterocycles. The third-order valence-electron chi connectivity index (χ3n) is 7.37. The van der Waals surface area contributed by atoms with Crippen LogP contribution in [0.15, 0.2) is 23.1 Å². The van der Waals surface area contributed by atoms with Gasteiger partial charge in [0.15, 0.2) is 5.82 Å². The normalized spacial score (nSPS) is 33.5. The van der Waals surface area contributed by atoms with Gasteiger partial charge in [-0.1, -0.05) is 12.2 Å². The standard InChI is InChI=1S/C20H22N6O3S/c1-25-5-4-20-10-2-3-12(27)16(20)30-15-13(28)7-9(8(14(15)20)6-11(10)25)17-23-18(21)26(29)19(22)24-17/h2-3,7,10-12,16,27-29H,4-6H2,1H3,(H3,21,22,23,24)/t10-,11+,12-,16-,20-/m0/s1. The summed E-state index contributed by atoms with van der Waals surface area (Å²) < 4.78 is 0.424. The molecule has 30 heavy (non-hydrogen) atoms. The van der Waals surface area contributed by atoms with E-state index in [2.05, 4.69) is 28.0 Å². The van der Waals surface area contributed by atoms with Crippen molar-refractivity contribution in [2.45, 2.75) is 40.5 Å². The van der Waals surface area contributed by atoms with Gasteiger partial charge in [-0.05, 0) is 43.6 Å². The van der Waals surface area contributed by atoms with Crippen molar-refractivity contribution >= 4 is 17.7 Å². The Kier molecular flexibility index (Phi) is 3.51. The Hall–Kier alpha value is -2.56. The van der Waals surface area contributed by atoms with E-state index in [9.17, 15) is 15.4 Å². The Morgan fingerprint density at radius 2 is 2.13 bits per heavy atom. The topological polar surface area (TPSA) is 145 Å². The van der Waals surface area contributed by atoms with Crippen LogP contribution in [0.4, 0.5) is 5.95 Å². The van der Waals surface area contributed by atoms with Crippen molar-refractivity contribution in [1.29, 1.82) is 5.41 Å². The molecule has 9 nitrogen and oxygen atoms in total. The number of aromatic hydroxyl groups is 1. The lowest BCUT2D eigenvalue weighted by molar-refractivity contribution is 0.0280. The van der Waals surface area contributed by atoms with E-state index in [1.807, 2.05) is 6.08 Å². The molecular weight excluding hydrogens is 404 g/mol. The molecule has 2 aromatic rings. The number of nitrogens with two attached hydrogens (primary N) is 1. The van der Waals surface area contributed by atoms with E-state index in [4.69, 9.17) is 11.1 Å². The van der Waals surface area contributed by atoms with Crippen molar-refractivity contribution in [3.05, 3.63) is 35.0 Å². The van der Waals surface area contributed by atoms with Gasteiger partial charge in [0.05, 0.1) is 11.0 Å². The third-order valence-corrected chi connectivity index (χ3v) is 8.97. The van der Waals surface area contributed by atoms with Gasteiger partial charge in [0.1, 0.15) is 5.75 Å². The second-order valence-corrected chi connectivity index (χ2v) is 9.80. The summed E-state index contributed by atoms with van der Waals surface area (Å²) in [5, 5.41) is 39.4. The van der Waals surface area contributed by atoms with Crippen molar-refractivity contribution < 1.29 is 15.4 Å². The molecule has 4 aliphatic rings. The van der Waals surface area contributed by atoms with Crippen molar-refractivity contribution in [2.24, 2.45) is 5.92 Å². The summed E-state index contributed by atoms with van der Waals surface area (Å²) in [7, 11) is 2.13. The number of likely N-dealkylation sites (N-methyl/N-ethyl adjacent to an activating group) is 1. The first-order chi connectivity index (χ1) is 14.3. The van der Waals surface area contributed by atoms with Crippen LogP contribution in [-0.4, -0.2) is 66.0 Å². The molecule has 1 saturated heterocycles. The second kappa shape index (κ2) is 5.77. The molecular formula is C20H22N6O3S. The molecule has 1 aromatic heterocycles. The summed E-state index contributed by atoms with van der Waals surface area (Å²) in [5.41, 5.74) is 7.87. The number of hydrogen-bond donors (Lipinski definition) is 5. The number of piperidine rings is 1. The highest BCUT2D eigenvalue weighted by Crippen LogP contribution is 2.66. The Bertz CT molecular complexity index is 1200. The SMILES string of the molecule is CN1CC[C@]23c4c5c(-c6nc(N)n(O)c(=N)n6)cc(O)c4S[C@H]2[C@@H](O)C=C[C@H]3[C@H]1C5. The molecule has 1 spiro atoms. The summed E-state index contributed by atoms with van der Waals surface area (Å²) >= 11 is 1.57. The monoisotopic (exact) mass is 426 g/mol. The zero-order valence-corrected chi connectivity index (χ0v) is 17.1. The molecule has 1 fully saturated rings. The maximum absolute atomic E-state index is 11.0. The lowest BCUT2D eigenvalue weighted by Gasteiger charge is -2.57. The van der Waals surface area contributed by atoms with Crippen LogP contribution in [0.5, 0.6) is 5.75 Å². The zero-order chi connectivity index (χ0) is 20.9. The summed E-state index contributed by atoms with van der Waals surface area (Å²) in [5.74, 6) is 0.375. The van der Waals surface area contributed by atoms with Crippen LogP contribution in [0.3, 0.4) is 0 Å². The van der Waals surface area contributed by atoms with Gasteiger partial charge in [0, 0.05) is 28.2 Å². The van der Waals surface area contributed by atoms with E-state index in [0.717, 1.165) is 35.4 Å². The molecule has 10 heteroatoms. The van der Waals surface area contributed by atoms with Crippen LogP contribution >= 0.6 is 11.8 Å². The molecule has 156 valence electrons. The molecule has 2 bridgehead atoms. The highest BCUT2D eigenvalue weighted by Gasteiger charge is 2.63. The van der Waals surface area contributed by atoms with E-state index < -0.39 is 11.7 Å². The Balaban J connectivity index is 1.67. The van der Waals surface area contributed by atoms with Gasteiger partial charge in [-0.25, -0.2) is 0 Å². The number of anilines is 1. The van der Waals surface area contributed by atoms with Crippen LogP contribution in [0.25, 0.3) is 11.4 Å². The first-order valence-electron chi connectivity index (χ1n) is 9.96. The summed E-state index contributed by atoms with van der Waals surface area (Å²) in [6.45, 7) is 0.929. The van der Waals surface area contributed by atoms with Crippen LogP contribution in [0.1, 0.15) is 17.5 Å². The number of aliphatic hydroxyl groups excluding tert-OH is 1. The number of benzene rings is 1. The number of phenolic OH excluding ortho intramolecular Hbond substituents is 1. The number of nitrogens with one attached hydrogen (secondary N) is 1. The summed E-state index contributed by atoms with van der Waals surface area (Å²) in [4.78, 5) is 11.5. The number of thioether (sulfide) groups is 1. The van der Waals surface area contributed by atoms with Crippen molar-refractivity contribution in [3.8, 4) is 17.1 Å². The van der Waals surface area contributed by atoms with Gasteiger partial charge in [-0.3, -0.25) is 5.41 Å². The smallest absolute Gasteiger partial charge is 0.261 e. The van der Waals surface area contributed by atoms with Gasteiger partial charge in [-0.15, -0.1) is 16.5 Å². The van der Waals surface area contributed by atoms with Crippen molar-refractivity contribution in [2.75, 3.05) is 19.3 Å². The molecule has 2 aliphatic carbocycles. The number of nitrogen functional groups attached to an aromatic ring is 1. The van der Waals surface area contributed by atoms with E-state index >= 15 is 0 Å². The molecule has 5 atom stereocenters. The molecule has 1 aromatic carbocycles. The summed E-state index contributed by atoms with van der Waals surface area (Å²) in [6.07, 6.45) is 5.14. The molecule has 0 unspecified atom stereocenters. The first-order valence-corrected chi connectivity index (χ1v) is 10.8.